The van der Waals surface area contributed by atoms with Crippen LogP contribution in [0.3, 0.4) is 0 Å². The molecule has 4 aromatic heterocycles. The number of rotatable bonds is 10. The summed E-state index contributed by atoms with van der Waals surface area (Å²) in [6.45, 7) is 24.3. The van der Waals surface area contributed by atoms with Gasteiger partial charge < -0.3 is 0 Å². The second-order valence-corrected chi connectivity index (χ2v) is 18.4. The third kappa shape index (κ3) is 14.3. The molecule has 0 saturated heterocycles. The maximum absolute atomic E-state index is 4.48. The number of hydrogen-bond donors (Lipinski definition) is 0. The van der Waals surface area contributed by atoms with Gasteiger partial charge in [-0.2, -0.15) is 11.8 Å². The number of thioether (sulfide) groups is 1. The van der Waals surface area contributed by atoms with Crippen LogP contribution in [0.2, 0.25) is 0 Å². The number of aromatic nitrogens is 4. The van der Waals surface area contributed by atoms with Gasteiger partial charge in [-0.25, -0.2) is 19.9 Å². The predicted octanol–water partition coefficient (Wildman–Crippen LogP) is 13.3. The van der Waals surface area contributed by atoms with Crippen LogP contribution >= 0.6 is 57.1 Å². The first kappa shape index (κ1) is 40.0. The van der Waals surface area contributed by atoms with Crippen LogP contribution < -0.4 is 0 Å². The summed E-state index contributed by atoms with van der Waals surface area (Å²) in [6, 6.07) is 0. The Kier molecular flexibility index (Phi) is 18.7. The predicted molar refractivity (Wildman–Crippen MR) is 207 cm³/mol. The standard InChI is InChI=1S/C10H15NS.2C9H15NS.C8H13NS2/c1-7(2)9-6-11-10(12-9)8-4-3-5-8;1-6(2)8-5-10-9(11-8)7(3)4;1-4-5-9-10-6-8(11-9)7(2)3;1-6(2)7-4-9-8(11-7)5-10-3/h6-8H,3-5H2,1-2H3;5-7H,1-4H3;6-7H,4-5H2,1-3H3;4,6H,5H2,1-3H3. The van der Waals surface area contributed by atoms with Gasteiger partial charge in [-0.1, -0.05) is 82.6 Å². The Labute approximate surface area is 295 Å². The highest BCUT2D eigenvalue weighted by molar-refractivity contribution is 7.97. The molecule has 1 saturated carbocycles. The van der Waals surface area contributed by atoms with Crippen molar-refractivity contribution < 1.29 is 0 Å². The SMILES string of the molecule is CC(C)c1cnc(C(C)C)s1.CC(C)c1cnc(C2CCC2)s1.CCCc1ncc(C(C)C)s1.CSCc1ncc(C(C)C)s1. The summed E-state index contributed by atoms with van der Waals surface area (Å²) in [4.78, 5) is 23.2. The Hall–Kier alpha value is -1.13. The summed E-state index contributed by atoms with van der Waals surface area (Å²) in [6.07, 6.45) is 16.7. The molecule has 252 valence electrons. The van der Waals surface area contributed by atoms with E-state index in [-0.39, 0.29) is 0 Å². The van der Waals surface area contributed by atoms with Gasteiger partial charge in [-0.05, 0) is 55.6 Å². The number of hydrogen-bond acceptors (Lipinski definition) is 9. The first-order valence-electron chi connectivity index (χ1n) is 16.6. The fourth-order valence-electron chi connectivity index (χ4n) is 3.95. The molecule has 0 radical (unpaired) electrons. The fourth-order valence-corrected chi connectivity index (χ4v) is 8.62. The average molecular weight is 707 g/mol. The van der Waals surface area contributed by atoms with Crippen molar-refractivity contribution in [3.05, 3.63) is 64.3 Å². The van der Waals surface area contributed by atoms with E-state index >= 15 is 0 Å². The van der Waals surface area contributed by atoms with Crippen molar-refractivity contribution in [2.45, 2.75) is 150 Å². The molecule has 4 heterocycles. The molecule has 0 N–H and O–H groups in total. The van der Waals surface area contributed by atoms with E-state index in [0.29, 0.717) is 29.6 Å². The smallest absolute Gasteiger partial charge is 0.103 e. The minimum atomic E-state index is 0.576. The summed E-state index contributed by atoms with van der Waals surface area (Å²) in [5.41, 5.74) is 0. The Balaban J connectivity index is 0.000000209. The molecule has 9 heteroatoms. The molecule has 4 nitrogen and oxygen atoms in total. The second-order valence-electron chi connectivity index (χ2n) is 13.1. The molecular formula is C36H58N4S5. The van der Waals surface area contributed by atoms with Gasteiger partial charge in [0.05, 0.1) is 15.0 Å². The monoisotopic (exact) mass is 706 g/mol. The van der Waals surface area contributed by atoms with Crippen molar-refractivity contribution in [2.24, 2.45) is 0 Å². The van der Waals surface area contributed by atoms with Crippen molar-refractivity contribution in [1.29, 1.82) is 0 Å². The van der Waals surface area contributed by atoms with Crippen LogP contribution in [0.5, 0.6) is 0 Å². The van der Waals surface area contributed by atoms with Gasteiger partial charge >= 0.3 is 0 Å². The summed E-state index contributed by atoms with van der Waals surface area (Å²) in [5, 5.41) is 5.18. The molecule has 4 aromatic rings. The normalized spacial score (nSPS) is 13.0. The molecule has 0 spiro atoms. The van der Waals surface area contributed by atoms with Crippen LogP contribution in [-0.2, 0) is 12.2 Å². The number of nitrogens with zero attached hydrogens (tertiary/aromatic N) is 4. The number of thiazole rings is 4. The molecule has 0 aromatic carbocycles. The highest BCUT2D eigenvalue weighted by Gasteiger charge is 2.22. The molecule has 0 aliphatic heterocycles. The van der Waals surface area contributed by atoms with Crippen LogP contribution in [0.25, 0.3) is 0 Å². The van der Waals surface area contributed by atoms with E-state index < -0.39 is 0 Å². The van der Waals surface area contributed by atoms with E-state index in [4.69, 9.17) is 0 Å². The third-order valence-electron chi connectivity index (χ3n) is 7.18. The Bertz CT molecular complexity index is 1250. The maximum atomic E-state index is 4.48. The van der Waals surface area contributed by atoms with Gasteiger partial charge in [0.15, 0.2) is 0 Å². The summed E-state index contributed by atoms with van der Waals surface area (Å²) in [5.74, 6) is 4.98. The Morgan fingerprint density at radius 3 is 1.47 bits per heavy atom. The van der Waals surface area contributed by atoms with Gasteiger partial charge in [-0.15, -0.1) is 45.3 Å². The average Bonchev–Trinajstić information content (AvgIpc) is 3.76. The fraction of sp³-hybridized carbons (Fsp3) is 0.667. The molecule has 0 unspecified atom stereocenters. The highest BCUT2D eigenvalue weighted by Crippen LogP contribution is 2.39. The lowest BCUT2D eigenvalue weighted by Gasteiger charge is -2.22. The summed E-state index contributed by atoms with van der Waals surface area (Å²) < 4.78 is 0. The molecule has 0 atom stereocenters. The zero-order valence-electron chi connectivity index (χ0n) is 29.8. The van der Waals surface area contributed by atoms with Crippen molar-refractivity contribution >= 4 is 57.1 Å². The first-order valence-corrected chi connectivity index (χ1v) is 21.3. The summed E-state index contributed by atoms with van der Waals surface area (Å²) in [7, 11) is 0. The van der Waals surface area contributed by atoms with Gasteiger partial charge in [0.2, 0.25) is 0 Å². The number of aryl methyl sites for hydroxylation is 1. The molecule has 45 heavy (non-hydrogen) atoms. The van der Waals surface area contributed by atoms with Crippen LogP contribution in [-0.4, -0.2) is 26.2 Å². The van der Waals surface area contributed by atoms with Crippen molar-refractivity contribution in [3.8, 4) is 0 Å². The highest BCUT2D eigenvalue weighted by atomic mass is 32.2. The Morgan fingerprint density at radius 2 is 1.09 bits per heavy atom. The van der Waals surface area contributed by atoms with Gasteiger partial charge in [0.1, 0.15) is 5.01 Å². The van der Waals surface area contributed by atoms with Crippen molar-refractivity contribution in [2.75, 3.05) is 6.26 Å². The largest absolute Gasteiger partial charge is 0.249 e. The van der Waals surface area contributed by atoms with Crippen molar-refractivity contribution in [1.82, 2.24) is 19.9 Å². The lowest BCUT2D eigenvalue weighted by Crippen LogP contribution is -2.07. The van der Waals surface area contributed by atoms with Gasteiger partial charge in [-0.3, -0.25) is 0 Å². The zero-order chi connectivity index (χ0) is 33.5. The van der Waals surface area contributed by atoms with E-state index in [1.54, 1.807) is 0 Å². The van der Waals surface area contributed by atoms with Crippen LogP contribution in [0.4, 0.5) is 0 Å². The summed E-state index contributed by atoms with van der Waals surface area (Å²) >= 11 is 9.27. The molecular weight excluding hydrogens is 649 g/mol. The zero-order valence-corrected chi connectivity index (χ0v) is 33.9. The van der Waals surface area contributed by atoms with Gasteiger partial charge in [0, 0.05) is 61.9 Å². The third-order valence-corrected chi connectivity index (χ3v) is 13.6. The van der Waals surface area contributed by atoms with E-state index in [9.17, 15) is 0 Å². The minimum Gasteiger partial charge on any atom is -0.249 e. The quantitative estimate of drug-likeness (QED) is 0.164. The molecule has 1 aliphatic rings. The van der Waals surface area contributed by atoms with E-state index in [1.165, 1.54) is 65.2 Å². The van der Waals surface area contributed by atoms with E-state index in [1.807, 2.05) is 75.7 Å². The molecule has 1 aliphatic carbocycles. The molecule has 1 fully saturated rings. The lowest BCUT2D eigenvalue weighted by molar-refractivity contribution is 0.418. The molecule has 0 bridgehead atoms. The molecule has 0 amide bonds. The lowest BCUT2D eigenvalue weighted by atomic mass is 9.86. The molecule has 5 rings (SSSR count). The van der Waals surface area contributed by atoms with Crippen LogP contribution in [0, 0.1) is 0 Å². The second kappa shape index (κ2) is 21.0. The van der Waals surface area contributed by atoms with E-state index in [0.717, 1.165) is 18.1 Å². The maximum Gasteiger partial charge on any atom is 0.103 e. The first-order chi connectivity index (χ1) is 21.4. The van der Waals surface area contributed by atoms with E-state index in [2.05, 4.69) is 109 Å². The van der Waals surface area contributed by atoms with Gasteiger partial charge in [0.25, 0.3) is 0 Å². The van der Waals surface area contributed by atoms with Crippen molar-refractivity contribution in [3.63, 3.8) is 0 Å². The van der Waals surface area contributed by atoms with Crippen LogP contribution in [0.15, 0.2) is 24.8 Å². The topological polar surface area (TPSA) is 51.6 Å². The Morgan fingerprint density at radius 1 is 0.622 bits per heavy atom. The minimum absolute atomic E-state index is 0.576. The van der Waals surface area contributed by atoms with Crippen LogP contribution in [0.1, 0.15) is 177 Å².